The van der Waals surface area contributed by atoms with Crippen LogP contribution in [0.15, 0.2) is 41.5 Å². The topological polar surface area (TPSA) is 157 Å². The fraction of sp³-hybridized carbons (Fsp3) is 0.222. The summed E-state index contributed by atoms with van der Waals surface area (Å²) in [7, 11) is 0. The molecule has 152 valence electrons. The van der Waals surface area contributed by atoms with Gasteiger partial charge in [0.2, 0.25) is 5.75 Å². The van der Waals surface area contributed by atoms with Crippen molar-refractivity contribution in [2.45, 2.75) is 19.8 Å². The molecule has 1 amide bonds. The first-order chi connectivity index (χ1) is 13.7. The molecule has 2 N–H and O–H groups in total. The van der Waals surface area contributed by atoms with Crippen LogP contribution in [0.2, 0.25) is 0 Å². The van der Waals surface area contributed by atoms with E-state index in [1.165, 1.54) is 0 Å². The third-order valence-corrected chi connectivity index (χ3v) is 3.82. The Labute approximate surface area is 164 Å². The predicted molar refractivity (Wildman–Crippen MR) is 103 cm³/mol. The average Bonchev–Trinajstić information content (AvgIpc) is 2.67. The van der Waals surface area contributed by atoms with Crippen LogP contribution in [-0.2, 0) is 4.79 Å². The SMILES string of the molecule is CC(C)c1ccc(OCC(=O)NN=Cc2cc([N+](=O)[O-])cc([N+](=O)[O-])c2O)cc1. The van der Waals surface area contributed by atoms with E-state index >= 15 is 0 Å². The summed E-state index contributed by atoms with van der Waals surface area (Å²) in [5.74, 6) is -0.586. The molecule has 0 bridgehead atoms. The number of nitro groups is 2. The minimum Gasteiger partial charge on any atom is -0.502 e. The number of non-ortho nitro benzene ring substituents is 1. The molecule has 2 aromatic rings. The van der Waals surface area contributed by atoms with Crippen LogP contribution in [0.4, 0.5) is 11.4 Å². The Morgan fingerprint density at radius 2 is 1.86 bits per heavy atom. The number of amides is 1. The summed E-state index contributed by atoms with van der Waals surface area (Å²) in [6.45, 7) is 3.75. The Hall–Kier alpha value is -4.02. The first kappa shape index (κ1) is 21.3. The number of ether oxygens (including phenoxy) is 1. The summed E-state index contributed by atoms with van der Waals surface area (Å²) in [6.07, 6.45) is 0.866. The van der Waals surface area contributed by atoms with Gasteiger partial charge in [-0.25, -0.2) is 5.43 Å². The molecule has 2 rings (SSSR count). The van der Waals surface area contributed by atoms with Crippen molar-refractivity contribution in [3.8, 4) is 11.5 Å². The minimum atomic E-state index is -0.962. The van der Waals surface area contributed by atoms with Crippen molar-refractivity contribution in [2.24, 2.45) is 5.10 Å². The van der Waals surface area contributed by atoms with Crippen LogP contribution in [0.5, 0.6) is 11.5 Å². The molecule has 0 atom stereocenters. The maximum Gasteiger partial charge on any atom is 0.318 e. The molecule has 2 aromatic carbocycles. The van der Waals surface area contributed by atoms with Crippen LogP contribution in [0, 0.1) is 20.2 Å². The highest BCUT2D eigenvalue weighted by atomic mass is 16.6. The van der Waals surface area contributed by atoms with E-state index < -0.39 is 32.9 Å². The number of nitrogens with zero attached hydrogens (tertiary/aromatic N) is 3. The van der Waals surface area contributed by atoms with Crippen LogP contribution < -0.4 is 10.2 Å². The first-order valence-corrected chi connectivity index (χ1v) is 8.39. The molecule has 0 aromatic heterocycles. The van der Waals surface area contributed by atoms with Gasteiger partial charge < -0.3 is 9.84 Å². The number of hydrogen-bond donors (Lipinski definition) is 2. The van der Waals surface area contributed by atoms with Crippen molar-refractivity contribution in [2.75, 3.05) is 6.61 Å². The van der Waals surface area contributed by atoms with Crippen molar-refractivity contribution in [3.63, 3.8) is 0 Å². The van der Waals surface area contributed by atoms with Crippen molar-refractivity contribution in [1.82, 2.24) is 5.43 Å². The molecular formula is C18H18N4O7. The summed E-state index contributed by atoms with van der Waals surface area (Å²) in [6, 6.07) is 8.74. The molecule has 29 heavy (non-hydrogen) atoms. The number of hydrogen-bond acceptors (Lipinski definition) is 8. The number of benzene rings is 2. The number of phenolic OH excluding ortho intramolecular Hbond substituents is 1. The van der Waals surface area contributed by atoms with Gasteiger partial charge in [-0.1, -0.05) is 26.0 Å². The van der Waals surface area contributed by atoms with Crippen molar-refractivity contribution >= 4 is 23.5 Å². The van der Waals surface area contributed by atoms with Crippen LogP contribution in [-0.4, -0.2) is 33.7 Å². The molecule has 0 saturated heterocycles. The number of nitrogens with one attached hydrogen (secondary N) is 1. The molecule has 11 nitrogen and oxygen atoms in total. The zero-order valence-corrected chi connectivity index (χ0v) is 15.6. The molecule has 11 heteroatoms. The van der Waals surface area contributed by atoms with E-state index in [1.807, 2.05) is 12.1 Å². The second-order valence-corrected chi connectivity index (χ2v) is 6.22. The number of carbonyl (C=O) groups excluding carboxylic acids is 1. The molecule has 0 aliphatic heterocycles. The quantitative estimate of drug-likeness (QED) is 0.390. The van der Waals surface area contributed by atoms with Gasteiger partial charge in [-0.15, -0.1) is 0 Å². The Kier molecular flexibility index (Phi) is 6.80. The molecule has 0 radical (unpaired) electrons. The number of carbonyl (C=O) groups is 1. The lowest BCUT2D eigenvalue weighted by Crippen LogP contribution is -2.24. The van der Waals surface area contributed by atoms with E-state index in [1.54, 1.807) is 12.1 Å². The van der Waals surface area contributed by atoms with Crippen LogP contribution in [0.25, 0.3) is 0 Å². The van der Waals surface area contributed by atoms with Gasteiger partial charge >= 0.3 is 5.69 Å². The lowest BCUT2D eigenvalue weighted by molar-refractivity contribution is -0.394. The zero-order chi connectivity index (χ0) is 21.6. The van der Waals surface area contributed by atoms with Gasteiger partial charge in [-0.05, 0) is 23.6 Å². The molecule has 0 aliphatic carbocycles. The number of rotatable bonds is 8. The standard InChI is InChI=1S/C18H18N4O7/c1-11(2)12-3-5-15(6-4-12)29-10-17(23)20-19-9-13-7-14(21(25)26)8-16(18(13)24)22(27)28/h3-9,11,24H,10H2,1-2H3,(H,20,23). The van der Waals surface area contributed by atoms with Gasteiger partial charge in [0.25, 0.3) is 11.6 Å². The fourth-order valence-corrected chi connectivity index (χ4v) is 2.27. The third kappa shape index (κ3) is 5.73. The summed E-state index contributed by atoms with van der Waals surface area (Å²) in [4.78, 5) is 31.8. The minimum absolute atomic E-state index is 0.295. The highest BCUT2D eigenvalue weighted by Gasteiger charge is 2.23. The summed E-state index contributed by atoms with van der Waals surface area (Å²) >= 11 is 0. The maximum atomic E-state index is 11.8. The molecule has 0 spiro atoms. The summed E-state index contributed by atoms with van der Waals surface area (Å²) in [5.41, 5.74) is 1.49. The fourth-order valence-electron chi connectivity index (χ4n) is 2.27. The molecule has 0 aliphatic rings. The van der Waals surface area contributed by atoms with E-state index in [4.69, 9.17) is 4.74 Å². The van der Waals surface area contributed by atoms with E-state index in [0.717, 1.165) is 17.8 Å². The van der Waals surface area contributed by atoms with Gasteiger partial charge in [0.1, 0.15) is 5.75 Å². The van der Waals surface area contributed by atoms with Crippen LogP contribution in [0.1, 0.15) is 30.9 Å². The Morgan fingerprint density at radius 1 is 1.21 bits per heavy atom. The smallest absolute Gasteiger partial charge is 0.318 e. The van der Waals surface area contributed by atoms with Crippen molar-refractivity contribution < 1.29 is 24.5 Å². The van der Waals surface area contributed by atoms with Crippen molar-refractivity contribution in [1.29, 1.82) is 0 Å². The summed E-state index contributed by atoms with van der Waals surface area (Å²) in [5, 5.41) is 35.2. The largest absolute Gasteiger partial charge is 0.502 e. The number of aromatic hydroxyl groups is 1. The van der Waals surface area contributed by atoms with Gasteiger partial charge in [0, 0.05) is 6.07 Å². The Morgan fingerprint density at radius 3 is 2.41 bits per heavy atom. The highest BCUT2D eigenvalue weighted by molar-refractivity contribution is 5.88. The van der Waals surface area contributed by atoms with Crippen LogP contribution >= 0.6 is 0 Å². The van der Waals surface area contributed by atoms with Gasteiger partial charge in [0.05, 0.1) is 27.7 Å². The zero-order valence-electron chi connectivity index (χ0n) is 15.6. The lowest BCUT2D eigenvalue weighted by Gasteiger charge is -2.08. The molecule has 0 unspecified atom stereocenters. The average molecular weight is 402 g/mol. The molecular weight excluding hydrogens is 384 g/mol. The van der Waals surface area contributed by atoms with Crippen LogP contribution in [0.3, 0.4) is 0 Å². The second kappa shape index (κ2) is 9.26. The second-order valence-electron chi connectivity index (χ2n) is 6.22. The van der Waals surface area contributed by atoms with Gasteiger partial charge in [-0.2, -0.15) is 5.10 Å². The third-order valence-electron chi connectivity index (χ3n) is 3.82. The molecule has 0 saturated carbocycles. The van der Waals surface area contributed by atoms with E-state index in [-0.39, 0.29) is 12.2 Å². The van der Waals surface area contributed by atoms with E-state index in [0.29, 0.717) is 17.7 Å². The number of nitro benzene ring substituents is 2. The molecule has 0 heterocycles. The van der Waals surface area contributed by atoms with E-state index in [9.17, 15) is 30.1 Å². The van der Waals surface area contributed by atoms with E-state index in [2.05, 4.69) is 24.4 Å². The predicted octanol–water partition coefficient (Wildman–Crippen LogP) is 2.86. The highest BCUT2D eigenvalue weighted by Crippen LogP contribution is 2.33. The molecule has 0 fully saturated rings. The Balaban J connectivity index is 2.00. The first-order valence-electron chi connectivity index (χ1n) is 8.39. The van der Waals surface area contributed by atoms with Crippen molar-refractivity contribution in [3.05, 3.63) is 67.8 Å². The number of phenols is 1. The number of hydrazone groups is 1. The Bertz CT molecular complexity index is 955. The maximum absolute atomic E-state index is 11.8. The normalized spacial score (nSPS) is 10.9. The lowest BCUT2D eigenvalue weighted by atomic mass is 10.0. The van der Waals surface area contributed by atoms with Gasteiger partial charge in [0.15, 0.2) is 6.61 Å². The summed E-state index contributed by atoms with van der Waals surface area (Å²) < 4.78 is 5.32. The monoisotopic (exact) mass is 402 g/mol. The van der Waals surface area contributed by atoms with Gasteiger partial charge in [-0.3, -0.25) is 25.0 Å².